The Morgan fingerprint density at radius 3 is 2.47 bits per heavy atom. The maximum atomic E-state index is 9.55. The molecule has 2 heterocycles. The summed E-state index contributed by atoms with van der Waals surface area (Å²) in [5, 5.41) is 9.55. The Hall–Kier alpha value is -0.200. The summed E-state index contributed by atoms with van der Waals surface area (Å²) in [6.45, 7) is 7.54. The molecule has 17 heavy (non-hydrogen) atoms. The van der Waals surface area contributed by atoms with E-state index >= 15 is 0 Å². The van der Waals surface area contributed by atoms with Crippen LogP contribution in [-0.4, -0.2) is 41.8 Å². The van der Waals surface area contributed by atoms with Crippen molar-refractivity contribution in [3.63, 3.8) is 0 Å². The minimum atomic E-state index is -1.16. The van der Waals surface area contributed by atoms with Crippen LogP contribution < -0.4 is 0 Å². The fourth-order valence-corrected chi connectivity index (χ4v) is 2.21. The summed E-state index contributed by atoms with van der Waals surface area (Å²) < 4.78 is 22.4. The maximum Gasteiger partial charge on any atom is 0.163 e. The average molecular weight is 246 g/mol. The van der Waals surface area contributed by atoms with Crippen molar-refractivity contribution in [2.45, 2.75) is 70.6 Å². The highest BCUT2D eigenvalue weighted by atomic mass is 16.8. The molecule has 0 aromatic rings. The molecule has 0 aromatic carbocycles. The van der Waals surface area contributed by atoms with Gasteiger partial charge in [0.25, 0.3) is 0 Å². The van der Waals surface area contributed by atoms with Gasteiger partial charge in [0, 0.05) is 6.42 Å². The molecule has 1 N–H and O–H groups in total. The lowest BCUT2D eigenvalue weighted by molar-refractivity contribution is -0.274. The summed E-state index contributed by atoms with van der Waals surface area (Å²) in [6, 6.07) is 0. The van der Waals surface area contributed by atoms with Crippen molar-refractivity contribution in [1.82, 2.24) is 0 Å². The molecule has 0 radical (unpaired) electrons. The van der Waals surface area contributed by atoms with Crippen LogP contribution in [0.4, 0.5) is 0 Å². The molecule has 0 saturated carbocycles. The first-order valence-electron chi connectivity index (χ1n) is 6.13. The fraction of sp³-hybridized carbons (Fsp3) is 1.00. The molecule has 2 saturated heterocycles. The molecule has 100 valence electrons. The Bertz CT molecular complexity index is 271. The molecular formula is C12H22O5. The van der Waals surface area contributed by atoms with Gasteiger partial charge in [-0.2, -0.15) is 0 Å². The molecule has 2 aliphatic rings. The predicted molar refractivity (Wildman–Crippen MR) is 60.2 cm³/mol. The molecule has 0 aromatic heterocycles. The van der Waals surface area contributed by atoms with E-state index < -0.39 is 11.6 Å². The van der Waals surface area contributed by atoms with Crippen LogP contribution in [0.1, 0.15) is 40.5 Å². The lowest BCUT2D eigenvalue weighted by Gasteiger charge is -2.25. The standard InChI is InChI=1S/C12H22O5/c1-11(2,13)17-10-6-5-8(15-10)9-7-14-12(3,4)16-9/h8-10,13H,5-7H2,1-4H3/t8-,9?,10?/m0/s1. The van der Waals surface area contributed by atoms with Gasteiger partial charge in [-0.25, -0.2) is 0 Å². The SMILES string of the molecule is CC(C)(O)OC1CC[C@@H](C2COC(C)(C)O2)O1. The number of ether oxygens (including phenoxy) is 4. The maximum absolute atomic E-state index is 9.55. The molecule has 0 spiro atoms. The third-order valence-corrected chi connectivity index (χ3v) is 2.88. The third-order valence-electron chi connectivity index (χ3n) is 2.88. The van der Waals surface area contributed by atoms with E-state index in [2.05, 4.69) is 0 Å². The topological polar surface area (TPSA) is 57.2 Å². The second-order valence-electron chi connectivity index (χ2n) is 5.61. The van der Waals surface area contributed by atoms with Gasteiger partial charge >= 0.3 is 0 Å². The molecule has 5 heteroatoms. The molecule has 5 nitrogen and oxygen atoms in total. The zero-order chi connectivity index (χ0) is 12.7. The van der Waals surface area contributed by atoms with Crippen molar-refractivity contribution in [1.29, 1.82) is 0 Å². The van der Waals surface area contributed by atoms with Crippen LogP contribution in [0.5, 0.6) is 0 Å². The van der Waals surface area contributed by atoms with Crippen LogP contribution in [0.15, 0.2) is 0 Å². The van der Waals surface area contributed by atoms with Gasteiger partial charge in [0.1, 0.15) is 6.10 Å². The van der Waals surface area contributed by atoms with Gasteiger partial charge in [-0.1, -0.05) is 0 Å². The van der Waals surface area contributed by atoms with Crippen molar-refractivity contribution in [3.05, 3.63) is 0 Å². The quantitative estimate of drug-likeness (QED) is 0.763. The number of hydrogen-bond donors (Lipinski definition) is 1. The Balaban J connectivity index is 1.82. The summed E-state index contributed by atoms with van der Waals surface area (Å²) in [7, 11) is 0. The molecule has 2 rings (SSSR count). The average Bonchev–Trinajstić information content (AvgIpc) is 2.69. The molecule has 0 bridgehead atoms. The first-order chi connectivity index (χ1) is 7.75. The van der Waals surface area contributed by atoms with Gasteiger partial charge < -0.3 is 24.1 Å². The van der Waals surface area contributed by atoms with Crippen molar-refractivity contribution in [2.24, 2.45) is 0 Å². The van der Waals surface area contributed by atoms with Gasteiger partial charge in [0.15, 0.2) is 17.9 Å². The van der Waals surface area contributed by atoms with Crippen molar-refractivity contribution in [2.75, 3.05) is 6.61 Å². The number of rotatable bonds is 3. The minimum absolute atomic E-state index is 0.0101. The second kappa shape index (κ2) is 4.48. The normalized spacial score (nSPS) is 37.6. The van der Waals surface area contributed by atoms with Crippen molar-refractivity contribution >= 4 is 0 Å². The van der Waals surface area contributed by atoms with Crippen LogP contribution in [-0.2, 0) is 18.9 Å². The van der Waals surface area contributed by atoms with Crippen LogP contribution in [0, 0.1) is 0 Å². The molecule has 2 unspecified atom stereocenters. The number of hydrogen-bond acceptors (Lipinski definition) is 5. The highest BCUT2D eigenvalue weighted by Crippen LogP contribution is 2.32. The van der Waals surface area contributed by atoms with Gasteiger partial charge in [0.05, 0.1) is 12.7 Å². The second-order valence-corrected chi connectivity index (χ2v) is 5.61. The summed E-state index contributed by atoms with van der Waals surface area (Å²) in [4.78, 5) is 0. The summed E-state index contributed by atoms with van der Waals surface area (Å²) in [5.74, 6) is -1.69. The molecule has 2 fully saturated rings. The zero-order valence-electron chi connectivity index (χ0n) is 10.9. The van der Waals surface area contributed by atoms with Crippen molar-refractivity contribution in [3.8, 4) is 0 Å². The van der Waals surface area contributed by atoms with Crippen LogP contribution >= 0.6 is 0 Å². The molecule has 3 atom stereocenters. The van der Waals surface area contributed by atoms with Gasteiger partial charge in [-0.15, -0.1) is 0 Å². The van der Waals surface area contributed by atoms with E-state index in [0.29, 0.717) is 6.61 Å². The Morgan fingerprint density at radius 2 is 1.94 bits per heavy atom. The monoisotopic (exact) mass is 246 g/mol. The van der Waals surface area contributed by atoms with Crippen molar-refractivity contribution < 1.29 is 24.1 Å². The molecule has 0 aliphatic carbocycles. The first kappa shape index (κ1) is 13.2. The third kappa shape index (κ3) is 3.63. The zero-order valence-corrected chi connectivity index (χ0v) is 10.9. The van der Waals surface area contributed by atoms with Crippen LogP contribution in [0.25, 0.3) is 0 Å². The highest BCUT2D eigenvalue weighted by Gasteiger charge is 2.42. The smallest absolute Gasteiger partial charge is 0.163 e. The molecular weight excluding hydrogens is 224 g/mol. The van der Waals surface area contributed by atoms with E-state index in [9.17, 15) is 5.11 Å². The highest BCUT2D eigenvalue weighted by molar-refractivity contribution is 4.82. The van der Waals surface area contributed by atoms with Gasteiger partial charge in [-0.3, -0.25) is 0 Å². The largest absolute Gasteiger partial charge is 0.366 e. The fourth-order valence-electron chi connectivity index (χ4n) is 2.21. The lowest BCUT2D eigenvalue weighted by Crippen LogP contribution is -2.34. The van der Waals surface area contributed by atoms with Crippen LogP contribution in [0.2, 0.25) is 0 Å². The molecule has 0 amide bonds. The van der Waals surface area contributed by atoms with Gasteiger partial charge in [-0.05, 0) is 34.1 Å². The van der Waals surface area contributed by atoms with E-state index in [1.807, 2.05) is 13.8 Å². The summed E-state index contributed by atoms with van der Waals surface area (Å²) >= 11 is 0. The summed E-state index contributed by atoms with van der Waals surface area (Å²) in [5.41, 5.74) is 0. The van der Waals surface area contributed by atoms with E-state index in [1.165, 1.54) is 0 Å². The molecule has 2 aliphatic heterocycles. The van der Waals surface area contributed by atoms with E-state index in [0.717, 1.165) is 12.8 Å². The Morgan fingerprint density at radius 1 is 1.24 bits per heavy atom. The van der Waals surface area contributed by atoms with Crippen LogP contribution in [0.3, 0.4) is 0 Å². The Labute approximate surface area is 102 Å². The number of aliphatic hydroxyl groups is 1. The first-order valence-corrected chi connectivity index (χ1v) is 6.13. The van der Waals surface area contributed by atoms with E-state index in [4.69, 9.17) is 18.9 Å². The Kier molecular flexibility index (Phi) is 3.49. The van der Waals surface area contributed by atoms with Gasteiger partial charge in [0.2, 0.25) is 0 Å². The predicted octanol–water partition coefficient (Wildman–Crippen LogP) is 1.39. The van der Waals surface area contributed by atoms with E-state index in [-0.39, 0.29) is 18.5 Å². The minimum Gasteiger partial charge on any atom is -0.366 e. The lowest BCUT2D eigenvalue weighted by atomic mass is 10.1. The summed E-state index contributed by atoms with van der Waals surface area (Å²) in [6.07, 6.45) is 1.23. The van der Waals surface area contributed by atoms with E-state index in [1.54, 1.807) is 13.8 Å².